The van der Waals surface area contributed by atoms with Crippen LogP contribution >= 0.6 is 0 Å². The van der Waals surface area contributed by atoms with Gasteiger partial charge >= 0.3 is 6.18 Å². The number of amides is 2. The molecular weight excluding hydrogens is 449 g/mol. The van der Waals surface area contributed by atoms with Gasteiger partial charge in [-0.15, -0.1) is 0 Å². The van der Waals surface area contributed by atoms with Gasteiger partial charge in [0.1, 0.15) is 0 Å². The average molecular weight is 479 g/mol. The topological polar surface area (TPSA) is 59.1 Å². The summed E-state index contributed by atoms with van der Waals surface area (Å²) in [7, 11) is 0. The Bertz CT molecular complexity index is 1000. The SMILES string of the molecule is CCCOc1ccc(C(=O)N2CCN(C(=O)c3ccccc3C(F)(F)F)CC2)cc1OCCC. The molecule has 1 aliphatic rings. The fourth-order valence-corrected chi connectivity index (χ4v) is 3.68. The van der Waals surface area contributed by atoms with Crippen molar-refractivity contribution in [1.29, 1.82) is 0 Å². The molecule has 1 fully saturated rings. The van der Waals surface area contributed by atoms with Crippen molar-refractivity contribution in [3.63, 3.8) is 0 Å². The van der Waals surface area contributed by atoms with Crippen LogP contribution in [0.25, 0.3) is 0 Å². The number of nitrogens with zero attached hydrogens (tertiary/aromatic N) is 2. The molecule has 0 bridgehead atoms. The van der Waals surface area contributed by atoms with Crippen LogP contribution in [0, 0.1) is 0 Å². The molecule has 34 heavy (non-hydrogen) atoms. The molecule has 1 aliphatic heterocycles. The van der Waals surface area contributed by atoms with E-state index in [2.05, 4.69) is 0 Å². The summed E-state index contributed by atoms with van der Waals surface area (Å²) < 4.78 is 51.4. The Hall–Kier alpha value is -3.23. The standard InChI is InChI=1S/C25H29F3N2O4/c1-3-15-33-21-10-9-18(17-22(21)34-16-4-2)23(31)29-11-13-30(14-12-29)24(32)19-7-5-6-8-20(19)25(26,27)28/h5-10,17H,3-4,11-16H2,1-2H3. The van der Waals surface area contributed by atoms with Gasteiger partial charge in [0, 0.05) is 31.7 Å². The summed E-state index contributed by atoms with van der Waals surface area (Å²) in [6, 6.07) is 9.79. The van der Waals surface area contributed by atoms with E-state index in [1.54, 1.807) is 23.1 Å². The molecule has 1 saturated heterocycles. The number of piperazine rings is 1. The third-order valence-corrected chi connectivity index (χ3v) is 5.43. The quantitative estimate of drug-likeness (QED) is 0.543. The van der Waals surface area contributed by atoms with Crippen molar-refractivity contribution in [2.24, 2.45) is 0 Å². The molecule has 9 heteroatoms. The zero-order chi connectivity index (χ0) is 24.7. The third kappa shape index (κ3) is 6.01. The van der Waals surface area contributed by atoms with Crippen molar-refractivity contribution < 1.29 is 32.2 Å². The van der Waals surface area contributed by atoms with Gasteiger partial charge in [0.2, 0.25) is 0 Å². The predicted molar refractivity (Wildman–Crippen MR) is 121 cm³/mol. The Balaban J connectivity index is 1.68. The molecule has 0 saturated carbocycles. The van der Waals surface area contributed by atoms with Crippen molar-refractivity contribution in [2.45, 2.75) is 32.9 Å². The molecule has 6 nitrogen and oxygen atoms in total. The van der Waals surface area contributed by atoms with Gasteiger partial charge in [-0.25, -0.2) is 0 Å². The maximum Gasteiger partial charge on any atom is 0.417 e. The number of alkyl halides is 3. The monoisotopic (exact) mass is 478 g/mol. The zero-order valence-corrected chi connectivity index (χ0v) is 19.4. The lowest BCUT2D eigenvalue weighted by molar-refractivity contribution is -0.138. The molecule has 0 aromatic heterocycles. The molecule has 2 aromatic rings. The third-order valence-electron chi connectivity index (χ3n) is 5.43. The number of hydrogen-bond acceptors (Lipinski definition) is 4. The second-order valence-corrected chi connectivity index (χ2v) is 7.99. The van der Waals surface area contributed by atoms with Crippen molar-refractivity contribution >= 4 is 11.8 Å². The van der Waals surface area contributed by atoms with E-state index >= 15 is 0 Å². The molecule has 0 spiro atoms. The van der Waals surface area contributed by atoms with Gasteiger partial charge in [0.05, 0.1) is 24.3 Å². The normalized spacial score (nSPS) is 14.1. The Kier molecular flexibility index (Phi) is 8.41. The molecule has 2 aromatic carbocycles. The number of carbonyl (C=O) groups is 2. The minimum absolute atomic E-state index is 0.146. The molecular formula is C25H29F3N2O4. The average Bonchev–Trinajstić information content (AvgIpc) is 2.85. The molecule has 3 rings (SSSR count). The van der Waals surface area contributed by atoms with Crippen LogP contribution < -0.4 is 9.47 Å². The van der Waals surface area contributed by atoms with Crippen molar-refractivity contribution in [1.82, 2.24) is 9.80 Å². The maximum atomic E-state index is 13.3. The van der Waals surface area contributed by atoms with Crippen LogP contribution in [0.15, 0.2) is 42.5 Å². The van der Waals surface area contributed by atoms with Crippen molar-refractivity contribution in [3.05, 3.63) is 59.2 Å². The fraction of sp³-hybridized carbons (Fsp3) is 0.440. The highest BCUT2D eigenvalue weighted by Gasteiger charge is 2.36. The first-order valence-electron chi connectivity index (χ1n) is 11.4. The number of hydrogen-bond donors (Lipinski definition) is 0. The highest BCUT2D eigenvalue weighted by atomic mass is 19.4. The first-order valence-corrected chi connectivity index (χ1v) is 11.4. The molecule has 1 heterocycles. The van der Waals surface area contributed by atoms with Crippen molar-refractivity contribution in [2.75, 3.05) is 39.4 Å². The van der Waals surface area contributed by atoms with Crippen LogP contribution in [0.5, 0.6) is 11.5 Å². The summed E-state index contributed by atoms with van der Waals surface area (Å²) in [4.78, 5) is 28.8. The van der Waals surface area contributed by atoms with Gasteiger partial charge in [-0.3, -0.25) is 9.59 Å². The minimum Gasteiger partial charge on any atom is -0.490 e. The van der Waals surface area contributed by atoms with E-state index in [9.17, 15) is 22.8 Å². The second kappa shape index (κ2) is 11.3. The van der Waals surface area contributed by atoms with Crippen LogP contribution in [-0.2, 0) is 6.18 Å². The Morgan fingerprint density at radius 3 is 1.97 bits per heavy atom. The largest absolute Gasteiger partial charge is 0.490 e. The predicted octanol–water partition coefficient (Wildman–Crippen LogP) is 4.88. The molecule has 0 aliphatic carbocycles. The fourth-order valence-electron chi connectivity index (χ4n) is 3.68. The van der Waals surface area contributed by atoms with E-state index in [1.807, 2.05) is 13.8 Å². The summed E-state index contributed by atoms with van der Waals surface area (Å²) in [6.45, 7) is 5.73. The summed E-state index contributed by atoms with van der Waals surface area (Å²) in [5.74, 6) is 0.156. The molecule has 184 valence electrons. The lowest BCUT2D eigenvalue weighted by Gasteiger charge is -2.35. The molecule has 0 radical (unpaired) electrons. The summed E-state index contributed by atoms with van der Waals surface area (Å²) in [5, 5.41) is 0. The van der Waals surface area contributed by atoms with E-state index in [4.69, 9.17) is 9.47 Å². The van der Waals surface area contributed by atoms with Crippen LogP contribution in [0.3, 0.4) is 0 Å². The van der Waals surface area contributed by atoms with Gasteiger partial charge in [0.15, 0.2) is 11.5 Å². The first kappa shape index (κ1) is 25.4. The number of halogens is 3. The van der Waals surface area contributed by atoms with Gasteiger partial charge in [-0.1, -0.05) is 26.0 Å². The van der Waals surface area contributed by atoms with Gasteiger partial charge in [-0.2, -0.15) is 13.2 Å². The smallest absolute Gasteiger partial charge is 0.417 e. The lowest BCUT2D eigenvalue weighted by Crippen LogP contribution is -2.50. The highest BCUT2D eigenvalue weighted by Crippen LogP contribution is 2.33. The summed E-state index contributed by atoms with van der Waals surface area (Å²) >= 11 is 0. The minimum atomic E-state index is -4.62. The van der Waals surface area contributed by atoms with Crippen LogP contribution in [0.1, 0.15) is 53.0 Å². The Morgan fingerprint density at radius 1 is 0.824 bits per heavy atom. The zero-order valence-electron chi connectivity index (χ0n) is 19.4. The van der Waals surface area contributed by atoms with Gasteiger partial charge < -0.3 is 19.3 Å². The second-order valence-electron chi connectivity index (χ2n) is 7.99. The summed E-state index contributed by atoms with van der Waals surface area (Å²) in [5.41, 5.74) is -0.907. The Morgan fingerprint density at radius 2 is 1.38 bits per heavy atom. The van der Waals surface area contributed by atoms with Crippen LogP contribution in [0.4, 0.5) is 13.2 Å². The number of rotatable bonds is 8. The highest BCUT2D eigenvalue weighted by molar-refractivity contribution is 5.97. The summed E-state index contributed by atoms with van der Waals surface area (Å²) in [6.07, 6.45) is -2.97. The molecule has 0 atom stereocenters. The molecule has 0 N–H and O–H groups in total. The van der Waals surface area contributed by atoms with E-state index in [0.29, 0.717) is 30.3 Å². The van der Waals surface area contributed by atoms with Gasteiger partial charge in [0.25, 0.3) is 11.8 Å². The molecule has 2 amide bonds. The number of carbonyl (C=O) groups excluding carboxylic acids is 2. The van der Waals surface area contributed by atoms with Gasteiger partial charge in [-0.05, 0) is 43.2 Å². The van der Waals surface area contributed by atoms with Crippen LogP contribution in [-0.4, -0.2) is 61.0 Å². The molecule has 0 unspecified atom stereocenters. The van der Waals surface area contributed by atoms with Crippen molar-refractivity contribution in [3.8, 4) is 11.5 Å². The van der Waals surface area contributed by atoms with E-state index in [0.717, 1.165) is 18.9 Å². The Labute approximate surface area is 197 Å². The maximum absolute atomic E-state index is 13.3. The first-order chi connectivity index (χ1) is 16.3. The van der Waals surface area contributed by atoms with E-state index in [1.165, 1.54) is 23.1 Å². The van der Waals surface area contributed by atoms with Crippen LogP contribution in [0.2, 0.25) is 0 Å². The number of benzene rings is 2. The van der Waals surface area contributed by atoms with E-state index in [-0.39, 0.29) is 37.6 Å². The van der Waals surface area contributed by atoms with E-state index < -0.39 is 17.6 Å². The lowest BCUT2D eigenvalue weighted by atomic mass is 10.1. The number of ether oxygens (including phenoxy) is 2.